The van der Waals surface area contributed by atoms with E-state index in [9.17, 15) is 0 Å². The topological polar surface area (TPSA) is 29.3 Å². The normalized spacial score (nSPS) is 11.9. The van der Waals surface area contributed by atoms with Crippen molar-refractivity contribution in [1.29, 1.82) is 0 Å². The average molecular weight is 293 g/mol. The molecule has 0 amide bonds. The van der Waals surface area contributed by atoms with Crippen LogP contribution in [0.25, 0.3) is 16.9 Å². The minimum atomic E-state index is -0.0275. The molecule has 22 heavy (non-hydrogen) atoms. The molecule has 1 N–H and O–H groups in total. The summed E-state index contributed by atoms with van der Waals surface area (Å²) in [5.74, 6) is 1.05. The van der Waals surface area contributed by atoms with Crippen LogP contribution in [0.5, 0.6) is 0 Å². The number of rotatable bonds is 2. The molecule has 0 fully saturated rings. The average Bonchev–Trinajstić information content (AvgIpc) is 2.75. The smallest absolute Gasteiger partial charge is 0.139 e. The number of anilines is 1. The van der Waals surface area contributed by atoms with Gasteiger partial charge in [-0.15, -0.1) is 0 Å². The lowest BCUT2D eigenvalue weighted by atomic mass is 10.1. The number of hydrogen-bond donors (Lipinski definition) is 1. The predicted molar refractivity (Wildman–Crippen MR) is 93.5 cm³/mol. The Morgan fingerprint density at radius 3 is 2.27 bits per heavy atom. The Balaban J connectivity index is 2.23. The first-order valence-corrected chi connectivity index (χ1v) is 7.67. The summed E-state index contributed by atoms with van der Waals surface area (Å²) >= 11 is 0. The summed E-state index contributed by atoms with van der Waals surface area (Å²) in [6.45, 7) is 10.7. The van der Waals surface area contributed by atoms with Crippen molar-refractivity contribution in [2.45, 2.75) is 40.2 Å². The quantitative estimate of drug-likeness (QED) is 0.733. The summed E-state index contributed by atoms with van der Waals surface area (Å²) in [5, 5.41) is 3.61. The van der Waals surface area contributed by atoms with E-state index in [0.717, 1.165) is 22.7 Å². The van der Waals surface area contributed by atoms with Gasteiger partial charge in [-0.25, -0.2) is 4.98 Å². The van der Waals surface area contributed by atoms with Crippen LogP contribution in [0, 0.1) is 13.8 Å². The van der Waals surface area contributed by atoms with E-state index in [2.05, 4.69) is 86.9 Å². The predicted octanol–water partition coefficient (Wildman–Crippen LogP) is 4.83. The lowest BCUT2D eigenvalue weighted by Crippen LogP contribution is -2.27. The molecule has 3 heteroatoms. The van der Waals surface area contributed by atoms with E-state index in [-0.39, 0.29) is 5.54 Å². The van der Waals surface area contributed by atoms with Crippen molar-refractivity contribution in [2.24, 2.45) is 0 Å². The highest BCUT2D eigenvalue weighted by Crippen LogP contribution is 2.31. The maximum Gasteiger partial charge on any atom is 0.139 e. The van der Waals surface area contributed by atoms with Crippen molar-refractivity contribution in [3.63, 3.8) is 0 Å². The number of fused-ring (bicyclic) bond motifs is 1. The molecule has 0 aliphatic rings. The highest BCUT2D eigenvalue weighted by molar-refractivity contribution is 5.77. The zero-order valence-corrected chi connectivity index (χ0v) is 13.9. The van der Waals surface area contributed by atoms with E-state index in [0.29, 0.717) is 0 Å². The Kier molecular flexibility index (Phi) is 3.44. The Bertz CT molecular complexity index is 805. The first-order valence-electron chi connectivity index (χ1n) is 7.67. The molecule has 1 aromatic carbocycles. The zero-order valence-electron chi connectivity index (χ0n) is 13.9. The molecule has 0 radical (unpaired) electrons. The molecule has 0 bridgehead atoms. The lowest BCUT2D eigenvalue weighted by molar-refractivity contribution is 0.629. The molecule has 0 spiro atoms. The van der Waals surface area contributed by atoms with Gasteiger partial charge in [0.1, 0.15) is 17.2 Å². The first-order chi connectivity index (χ1) is 10.3. The molecule has 0 aliphatic heterocycles. The van der Waals surface area contributed by atoms with Crippen LogP contribution in [0.1, 0.15) is 31.9 Å². The second-order valence-electron chi connectivity index (χ2n) is 6.98. The van der Waals surface area contributed by atoms with Crippen molar-refractivity contribution < 1.29 is 0 Å². The first kappa shape index (κ1) is 14.6. The number of benzene rings is 1. The van der Waals surface area contributed by atoms with E-state index in [1.54, 1.807) is 0 Å². The summed E-state index contributed by atoms with van der Waals surface area (Å²) in [7, 11) is 0. The fourth-order valence-electron chi connectivity index (χ4n) is 2.53. The third-order valence-corrected chi connectivity index (χ3v) is 3.60. The molecular weight excluding hydrogens is 270 g/mol. The van der Waals surface area contributed by atoms with Crippen LogP contribution in [0.3, 0.4) is 0 Å². The van der Waals surface area contributed by atoms with Gasteiger partial charge in [0.25, 0.3) is 0 Å². The second-order valence-corrected chi connectivity index (χ2v) is 6.98. The molecule has 0 saturated carbocycles. The highest BCUT2D eigenvalue weighted by Gasteiger charge is 2.19. The number of nitrogens with zero attached hydrogens (tertiary/aromatic N) is 2. The van der Waals surface area contributed by atoms with Crippen LogP contribution in [0.2, 0.25) is 0 Å². The zero-order chi connectivity index (χ0) is 15.9. The van der Waals surface area contributed by atoms with Crippen LogP contribution in [-0.4, -0.2) is 14.9 Å². The number of hydrogen-bond acceptors (Lipinski definition) is 2. The van der Waals surface area contributed by atoms with Gasteiger partial charge in [-0.2, -0.15) is 0 Å². The van der Waals surface area contributed by atoms with E-state index in [1.165, 1.54) is 11.1 Å². The lowest BCUT2D eigenvalue weighted by Gasteiger charge is -2.22. The molecule has 0 atom stereocenters. The maximum absolute atomic E-state index is 4.86. The Morgan fingerprint density at radius 2 is 1.64 bits per heavy atom. The maximum atomic E-state index is 4.86. The van der Waals surface area contributed by atoms with Crippen LogP contribution < -0.4 is 5.32 Å². The van der Waals surface area contributed by atoms with Crippen molar-refractivity contribution in [1.82, 2.24) is 9.38 Å². The summed E-state index contributed by atoms with van der Waals surface area (Å²) in [5.41, 5.74) is 5.56. The van der Waals surface area contributed by atoms with Crippen LogP contribution in [0.15, 0.2) is 42.6 Å². The largest absolute Gasteiger partial charge is 0.365 e. The summed E-state index contributed by atoms with van der Waals surface area (Å²) in [6.07, 6.45) is 2.09. The Morgan fingerprint density at radius 1 is 0.955 bits per heavy atom. The van der Waals surface area contributed by atoms with Gasteiger partial charge in [-0.1, -0.05) is 29.8 Å². The standard InChI is InChI=1S/C19H23N3/c1-13-6-8-15(9-7-13)17-18(21-19(3,4)5)22-11-10-14(2)12-16(22)20-17/h6-12,21H,1-5H3. The van der Waals surface area contributed by atoms with E-state index < -0.39 is 0 Å². The van der Waals surface area contributed by atoms with Gasteiger partial charge >= 0.3 is 0 Å². The third kappa shape index (κ3) is 2.84. The molecule has 3 rings (SSSR count). The van der Waals surface area contributed by atoms with Crippen molar-refractivity contribution in [2.75, 3.05) is 5.32 Å². The van der Waals surface area contributed by atoms with Crippen LogP contribution in [0.4, 0.5) is 5.82 Å². The van der Waals surface area contributed by atoms with Gasteiger partial charge < -0.3 is 5.32 Å². The molecule has 0 unspecified atom stereocenters. The molecular formula is C19H23N3. The second kappa shape index (κ2) is 5.16. The van der Waals surface area contributed by atoms with Gasteiger partial charge in [0.05, 0.1) is 0 Å². The minimum absolute atomic E-state index is 0.0275. The summed E-state index contributed by atoms with van der Waals surface area (Å²) in [4.78, 5) is 4.86. The van der Waals surface area contributed by atoms with Gasteiger partial charge in [0.2, 0.25) is 0 Å². The number of nitrogens with one attached hydrogen (secondary N) is 1. The van der Waals surface area contributed by atoms with Gasteiger partial charge in [-0.05, 0) is 52.3 Å². The van der Waals surface area contributed by atoms with E-state index in [4.69, 9.17) is 4.98 Å². The molecule has 3 aromatic rings. The van der Waals surface area contributed by atoms with Crippen molar-refractivity contribution >= 4 is 11.5 Å². The van der Waals surface area contributed by atoms with E-state index in [1.807, 2.05) is 0 Å². The van der Waals surface area contributed by atoms with Crippen molar-refractivity contribution in [3.05, 3.63) is 53.7 Å². The number of aromatic nitrogens is 2. The fourth-order valence-corrected chi connectivity index (χ4v) is 2.53. The van der Waals surface area contributed by atoms with Crippen LogP contribution in [-0.2, 0) is 0 Å². The molecule has 114 valence electrons. The van der Waals surface area contributed by atoms with Crippen LogP contribution >= 0.6 is 0 Å². The number of aryl methyl sites for hydroxylation is 2. The molecule has 3 nitrogen and oxygen atoms in total. The highest BCUT2D eigenvalue weighted by atomic mass is 15.2. The Hall–Kier alpha value is -2.29. The molecule has 0 saturated heterocycles. The third-order valence-electron chi connectivity index (χ3n) is 3.60. The fraction of sp³-hybridized carbons (Fsp3) is 0.316. The number of pyridine rings is 1. The van der Waals surface area contributed by atoms with E-state index >= 15 is 0 Å². The monoisotopic (exact) mass is 293 g/mol. The molecule has 2 heterocycles. The van der Waals surface area contributed by atoms with Gasteiger partial charge in [0.15, 0.2) is 0 Å². The van der Waals surface area contributed by atoms with Gasteiger partial charge in [-0.3, -0.25) is 4.40 Å². The SMILES string of the molecule is Cc1ccc(-c2nc3cc(C)ccn3c2NC(C)(C)C)cc1. The minimum Gasteiger partial charge on any atom is -0.365 e. The van der Waals surface area contributed by atoms with Gasteiger partial charge in [0, 0.05) is 17.3 Å². The van der Waals surface area contributed by atoms with Crippen molar-refractivity contribution in [3.8, 4) is 11.3 Å². The summed E-state index contributed by atoms with van der Waals surface area (Å²) in [6, 6.07) is 12.8. The molecule has 2 aromatic heterocycles. The summed E-state index contributed by atoms with van der Waals surface area (Å²) < 4.78 is 2.13. The number of imidazole rings is 1. The Labute approximate surface area is 132 Å². The molecule has 0 aliphatic carbocycles.